The minimum atomic E-state index is -0.756. The monoisotopic (exact) mass is 251 g/mol. The molecule has 6 nitrogen and oxygen atoms in total. The number of aryl methyl sites for hydroxylation is 1. The first-order valence-electron chi connectivity index (χ1n) is 6.07. The van der Waals surface area contributed by atoms with Crippen LogP contribution in [0.25, 0.3) is 0 Å². The topological polar surface area (TPSA) is 84.2 Å². The van der Waals surface area contributed by atoms with Crippen LogP contribution in [0, 0.1) is 11.8 Å². The molecule has 1 aromatic heterocycles. The lowest BCUT2D eigenvalue weighted by Crippen LogP contribution is -2.32. The van der Waals surface area contributed by atoms with Gasteiger partial charge in [0.1, 0.15) is 0 Å². The van der Waals surface area contributed by atoms with E-state index in [1.165, 1.54) is 6.20 Å². The van der Waals surface area contributed by atoms with Crippen molar-refractivity contribution in [1.29, 1.82) is 0 Å². The zero-order chi connectivity index (χ0) is 13.1. The third-order valence-corrected chi connectivity index (χ3v) is 3.47. The first-order chi connectivity index (χ1) is 8.58. The van der Waals surface area contributed by atoms with E-state index in [1.54, 1.807) is 17.9 Å². The summed E-state index contributed by atoms with van der Waals surface area (Å²) in [5.74, 6) is -1.23. The molecule has 1 fully saturated rings. The van der Waals surface area contributed by atoms with Crippen molar-refractivity contribution < 1.29 is 14.7 Å². The van der Waals surface area contributed by atoms with E-state index in [0.29, 0.717) is 18.5 Å². The number of amides is 1. The zero-order valence-corrected chi connectivity index (χ0v) is 10.3. The third-order valence-electron chi connectivity index (χ3n) is 3.47. The fourth-order valence-electron chi connectivity index (χ4n) is 2.47. The Morgan fingerprint density at radius 2 is 2.33 bits per heavy atom. The molecule has 1 aromatic rings. The Morgan fingerprint density at radius 3 is 2.94 bits per heavy atom. The Morgan fingerprint density at radius 1 is 1.56 bits per heavy atom. The van der Waals surface area contributed by atoms with Crippen LogP contribution >= 0.6 is 0 Å². The standard InChI is InChI=1S/C12H17N3O3/c1-15-7-9(6-14-15)11(16)13-5-8-3-2-4-10(8)12(17)18/h6-8,10H,2-5H2,1H3,(H,13,16)(H,17,18). The van der Waals surface area contributed by atoms with Crippen LogP contribution in [0.2, 0.25) is 0 Å². The summed E-state index contributed by atoms with van der Waals surface area (Å²) in [6.07, 6.45) is 5.63. The minimum Gasteiger partial charge on any atom is -0.481 e. The number of aliphatic carboxylic acids is 1. The molecule has 1 aliphatic rings. The summed E-state index contributed by atoms with van der Waals surface area (Å²) in [5.41, 5.74) is 0.502. The quantitative estimate of drug-likeness (QED) is 0.823. The molecule has 1 heterocycles. The van der Waals surface area contributed by atoms with Gasteiger partial charge in [0.25, 0.3) is 5.91 Å². The highest BCUT2D eigenvalue weighted by Gasteiger charge is 2.32. The maximum atomic E-state index is 11.8. The molecule has 1 saturated carbocycles. The smallest absolute Gasteiger partial charge is 0.306 e. The second-order valence-corrected chi connectivity index (χ2v) is 4.75. The summed E-state index contributed by atoms with van der Waals surface area (Å²) in [4.78, 5) is 22.8. The normalized spacial score (nSPS) is 22.9. The van der Waals surface area contributed by atoms with Gasteiger partial charge in [0.05, 0.1) is 17.7 Å². The predicted molar refractivity (Wildman–Crippen MR) is 64.0 cm³/mol. The molecule has 2 unspecified atom stereocenters. The molecular weight excluding hydrogens is 234 g/mol. The minimum absolute atomic E-state index is 0.0446. The van der Waals surface area contributed by atoms with Gasteiger partial charge in [-0.05, 0) is 18.8 Å². The Hall–Kier alpha value is -1.85. The molecule has 2 rings (SSSR count). The number of carboxylic acids is 1. The van der Waals surface area contributed by atoms with Crippen molar-refractivity contribution >= 4 is 11.9 Å². The van der Waals surface area contributed by atoms with Crippen molar-refractivity contribution in [2.45, 2.75) is 19.3 Å². The second-order valence-electron chi connectivity index (χ2n) is 4.75. The van der Waals surface area contributed by atoms with E-state index < -0.39 is 5.97 Å². The lowest BCUT2D eigenvalue weighted by molar-refractivity contribution is -0.142. The number of nitrogens with one attached hydrogen (secondary N) is 1. The lowest BCUT2D eigenvalue weighted by atomic mass is 9.96. The van der Waals surface area contributed by atoms with Crippen molar-refractivity contribution in [3.8, 4) is 0 Å². The maximum absolute atomic E-state index is 11.8. The van der Waals surface area contributed by atoms with E-state index in [0.717, 1.165) is 12.8 Å². The molecule has 0 radical (unpaired) electrons. The number of carbonyl (C=O) groups excluding carboxylic acids is 1. The lowest BCUT2D eigenvalue weighted by Gasteiger charge is -2.15. The van der Waals surface area contributed by atoms with Gasteiger partial charge in [-0.2, -0.15) is 5.10 Å². The second kappa shape index (κ2) is 5.20. The van der Waals surface area contributed by atoms with Crippen LogP contribution in [0.1, 0.15) is 29.6 Å². The van der Waals surface area contributed by atoms with E-state index in [4.69, 9.17) is 5.11 Å². The van der Waals surface area contributed by atoms with Crippen LogP contribution in [0.15, 0.2) is 12.4 Å². The van der Waals surface area contributed by atoms with Crippen LogP contribution in [-0.2, 0) is 11.8 Å². The molecule has 18 heavy (non-hydrogen) atoms. The van der Waals surface area contributed by atoms with Crippen LogP contribution in [-0.4, -0.2) is 33.3 Å². The van der Waals surface area contributed by atoms with E-state index in [2.05, 4.69) is 10.4 Å². The van der Waals surface area contributed by atoms with Gasteiger partial charge in [0.15, 0.2) is 0 Å². The molecule has 98 valence electrons. The summed E-state index contributed by atoms with van der Waals surface area (Å²) in [5, 5.41) is 15.7. The van der Waals surface area contributed by atoms with Crippen molar-refractivity contribution in [3.63, 3.8) is 0 Å². The van der Waals surface area contributed by atoms with Gasteiger partial charge in [0.2, 0.25) is 0 Å². The number of nitrogens with zero attached hydrogens (tertiary/aromatic N) is 2. The summed E-state index contributed by atoms with van der Waals surface area (Å²) < 4.78 is 1.56. The molecule has 0 aliphatic heterocycles. The average molecular weight is 251 g/mol. The molecule has 2 atom stereocenters. The van der Waals surface area contributed by atoms with Crippen molar-refractivity contribution in [1.82, 2.24) is 15.1 Å². The Labute approximate surface area is 105 Å². The third kappa shape index (κ3) is 2.69. The van der Waals surface area contributed by atoms with Gasteiger partial charge in [0, 0.05) is 19.8 Å². The summed E-state index contributed by atoms with van der Waals surface area (Å²) in [6.45, 7) is 0.421. The van der Waals surface area contributed by atoms with Gasteiger partial charge in [-0.3, -0.25) is 14.3 Å². The molecular formula is C12H17N3O3. The Bertz CT molecular complexity index is 455. The molecule has 2 N–H and O–H groups in total. The van der Waals surface area contributed by atoms with Crippen molar-refractivity contribution in [2.75, 3.05) is 6.54 Å². The van der Waals surface area contributed by atoms with Gasteiger partial charge in [-0.1, -0.05) is 6.42 Å². The number of hydrogen-bond acceptors (Lipinski definition) is 3. The number of carbonyl (C=O) groups is 2. The van der Waals surface area contributed by atoms with Crippen LogP contribution in [0.4, 0.5) is 0 Å². The molecule has 0 bridgehead atoms. The first kappa shape index (κ1) is 12.6. The summed E-state index contributed by atoms with van der Waals surface area (Å²) in [6, 6.07) is 0. The van der Waals surface area contributed by atoms with Crippen molar-refractivity contribution in [2.24, 2.45) is 18.9 Å². The highest BCUT2D eigenvalue weighted by atomic mass is 16.4. The van der Waals surface area contributed by atoms with E-state index >= 15 is 0 Å². The molecule has 1 aliphatic carbocycles. The Kier molecular flexibility index (Phi) is 3.64. The molecule has 6 heteroatoms. The van der Waals surface area contributed by atoms with E-state index in [1.807, 2.05) is 0 Å². The Balaban J connectivity index is 1.88. The zero-order valence-electron chi connectivity index (χ0n) is 10.3. The van der Waals surface area contributed by atoms with Crippen molar-refractivity contribution in [3.05, 3.63) is 18.0 Å². The van der Waals surface area contributed by atoms with E-state index in [-0.39, 0.29) is 17.7 Å². The number of rotatable bonds is 4. The van der Waals surface area contributed by atoms with Gasteiger partial charge >= 0.3 is 5.97 Å². The highest BCUT2D eigenvalue weighted by Crippen LogP contribution is 2.31. The number of hydrogen-bond donors (Lipinski definition) is 2. The van der Waals surface area contributed by atoms with Crippen LogP contribution in [0.5, 0.6) is 0 Å². The fraction of sp³-hybridized carbons (Fsp3) is 0.583. The molecule has 0 spiro atoms. The van der Waals surface area contributed by atoms with Crippen LogP contribution in [0.3, 0.4) is 0 Å². The molecule has 0 saturated heterocycles. The molecule has 0 aromatic carbocycles. The first-order valence-corrected chi connectivity index (χ1v) is 6.07. The number of carboxylic acid groups (broad SMARTS) is 1. The average Bonchev–Trinajstić information content (AvgIpc) is 2.94. The summed E-state index contributed by atoms with van der Waals surface area (Å²) in [7, 11) is 1.74. The molecule has 1 amide bonds. The number of aromatic nitrogens is 2. The van der Waals surface area contributed by atoms with Gasteiger partial charge < -0.3 is 10.4 Å². The SMILES string of the molecule is Cn1cc(C(=O)NCC2CCCC2C(=O)O)cn1. The van der Waals surface area contributed by atoms with Gasteiger partial charge in [-0.25, -0.2) is 0 Å². The summed E-state index contributed by atoms with van der Waals surface area (Å²) >= 11 is 0. The fourth-order valence-corrected chi connectivity index (χ4v) is 2.47. The maximum Gasteiger partial charge on any atom is 0.306 e. The highest BCUT2D eigenvalue weighted by molar-refractivity contribution is 5.93. The van der Waals surface area contributed by atoms with Crippen LogP contribution < -0.4 is 5.32 Å². The predicted octanol–water partition coefficient (Wildman–Crippen LogP) is 0.651. The van der Waals surface area contributed by atoms with Gasteiger partial charge in [-0.15, -0.1) is 0 Å². The largest absolute Gasteiger partial charge is 0.481 e. The van der Waals surface area contributed by atoms with E-state index in [9.17, 15) is 9.59 Å².